The maximum Gasteiger partial charge on any atom is 0.249 e. The molecular formula is C52H97NO5. The number of aliphatic hydroxyl groups excluding tert-OH is 4. The van der Waals surface area contributed by atoms with Crippen molar-refractivity contribution in [2.75, 3.05) is 6.61 Å². The monoisotopic (exact) mass is 816 g/mol. The van der Waals surface area contributed by atoms with E-state index in [1.807, 2.05) is 0 Å². The van der Waals surface area contributed by atoms with Crippen molar-refractivity contribution in [1.29, 1.82) is 0 Å². The number of carbonyl (C=O) groups is 1. The van der Waals surface area contributed by atoms with Crippen LogP contribution < -0.4 is 5.32 Å². The van der Waals surface area contributed by atoms with Gasteiger partial charge in [0.15, 0.2) is 0 Å². The number of amides is 1. The Kier molecular flexibility index (Phi) is 45.0. The predicted octanol–water partition coefficient (Wildman–Crippen LogP) is 13.9. The van der Waals surface area contributed by atoms with Gasteiger partial charge in [0, 0.05) is 0 Å². The lowest BCUT2D eigenvalue weighted by Gasteiger charge is -2.27. The number of hydrogen-bond donors (Lipinski definition) is 5. The largest absolute Gasteiger partial charge is 0.394 e. The van der Waals surface area contributed by atoms with Crippen molar-refractivity contribution >= 4 is 5.91 Å². The topological polar surface area (TPSA) is 110 Å². The van der Waals surface area contributed by atoms with Gasteiger partial charge < -0.3 is 25.7 Å². The van der Waals surface area contributed by atoms with Crippen LogP contribution in [0.25, 0.3) is 0 Å². The molecule has 0 bridgehead atoms. The molecule has 0 heterocycles. The minimum Gasteiger partial charge on any atom is -0.394 e. The number of carbonyl (C=O) groups excluding carboxylic acids is 1. The molecular weight excluding hydrogens is 719 g/mol. The molecule has 0 aliphatic rings. The molecule has 4 atom stereocenters. The van der Waals surface area contributed by atoms with Gasteiger partial charge in [-0.05, 0) is 89.9 Å². The molecule has 58 heavy (non-hydrogen) atoms. The molecule has 1 amide bonds. The van der Waals surface area contributed by atoms with E-state index in [2.05, 4.69) is 67.8 Å². The van der Waals surface area contributed by atoms with E-state index in [9.17, 15) is 25.2 Å². The molecule has 0 aromatic rings. The Morgan fingerprint density at radius 3 is 1.10 bits per heavy atom. The molecule has 0 aromatic carbocycles. The molecule has 0 fully saturated rings. The van der Waals surface area contributed by atoms with Crippen molar-refractivity contribution in [1.82, 2.24) is 5.32 Å². The molecule has 0 saturated heterocycles. The maximum absolute atomic E-state index is 12.5. The number of hydrogen-bond acceptors (Lipinski definition) is 5. The maximum atomic E-state index is 12.5. The van der Waals surface area contributed by atoms with Crippen LogP contribution >= 0.6 is 0 Å². The van der Waals surface area contributed by atoms with E-state index in [1.54, 1.807) is 0 Å². The molecule has 0 aliphatic carbocycles. The minimum absolute atomic E-state index is 0.355. The van der Waals surface area contributed by atoms with E-state index in [-0.39, 0.29) is 0 Å². The van der Waals surface area contributed by atoms with Gasteiger partial charge in [0.25, 0.3) is 0 Å². The molecule has 6 nitrogen and oxygen atoms in total. The fraction of sp³-hybridized carbons (Fsp3) is 0.827. The zero-order valence-corrected chi connectivity index (χ0v) is 38.3. The number of aliphatic hydroxyl groups is 4. The highest BCUT2D eigenvalue weighted by Gasteiger charge is 2.28. The fourth-order valence-electron chi connectivity index (χ4n) is 7.49. The Bertz CT molecular complexity index is 961. The van der Waals surface area contributed by atoms with Crippen molar-refractivity contribution in [2.24, 2.45) is 0 Å². The molecule has 0 rings (SSSR count). The van der Waals surface area contributed by atoms with Crippen molar-refractivity contribution in [3.8, 4) is 0 Å². The molecule has 0 radical (unpaired) electrons. The van der Waals surface area contributed by atoms with Crippen LogP contribution in [0, 0.1) is 0 Å². The summed E-state index contributed by atoms with van der Waals surface area (Å²) in [6.07, 6.45) is 57.3. The van der Waals surface area contributed by atoms with Gasteiger partial charge >= 0.3 is 0 Å². The van der Waals surface area contributed by atoms with Crippen LogP contribution in [-0.2, 0) is 4.79 Å². The molecule has 6 heteroatoms. The number of nitrogens with one attached hydrogen (secondary N) is 1. The second-order valence-electron chi connectivity index (χ2n) is 17.1. The normalized spacial score (nSPS) is 14.4. The van der Waals surface area contributed by atoms with Gasteiger partial charge in [-0.3, -0.25) is 4.79 Å². The first-order valence-corrected chi connectivity index (χ1v) is 25.0. The molecule has 0 spiro atoms. The summed E-state index contributed by atoms with van der Waals surface area (Å²) < 4.78 is 0. The average molecular weight is 816 g/mol. The first-order chi connectivity index (χ1) is 28.5. The van der Waals surface area contributed by atoms with Crippen molar-refractivity contribution in [2.45, 2.75) is 269 Å². The van der Waals surface area contributed by atoms with Gasteiger partial charge in [-0.1, -0.05) is 204 Å². The van der Waals surface area contributed by atoms with E-state index < -0.39 is 36.9 Å². The van der Waals surface area contributed by atoms with Gasteiger partial charge in [0.2, 0.25) is 5.91 Å². The molecule has 0 aliphatic heterocycles. The summed E-state index contributed by atoms with van der Waals surface area (Å²) in [6, 6.07) is -1.01. The third kappa shape index (κ3) is 39.7. The quantitative estimate of drug-likeness (QED) is 0.0311. The van der Waals surface area contributed by atoms with E-state index in [0.29, 0.717) is 19.3 Å². The first kappa shape index (κ1) is 56.3. The number of unbranched alkanes of at least 4 members (excludes halogenated alkanes) is 28. The summed E-state index contributed by atoms with van der Waals surface area (Å²) in [6.45, 7) is 4.03. The molecule has 4 unspecified atom stereocenters. The summed E-state index contributed by atoms with van der Waals surface area (Å²) in [7, 11) is 0. The summed E-state index contributed by atoms with van der Waals surface area (Å²) in [5.41, 5.74) is 0. The SMILES string of the molecule is CCCCCC/C=C/CC/C=C/CC/C=C/CCCC(O)C(O)C(CO)NC(=O)C(O)CCCCCCCCCCC/C=C\CCCCCCCCCCCCCC. The third-order valence-corrected chi connectivity index (χ3v) is 11.5. The summed E-state index contributed by atoms with van der Waals surface area (Å²) in [5.74, 6) is -0.601. The van der Waals surface area contributed by atoms with Crippen molar-refractivity contribution < 1.29 is 25.2 Å². The smallest absolute Gasteiger partial charge is 0.249 e. The van der Waals surface area contributed by atoms with Crippen LogP contribution in [0.2, 0.25) is 0 Å². The van der Waals surface area contributed by atoms with Gasteiger partial charge in [-0.2, -0.15) is 0 Å². The Balaban J connectivity index is 3.73. The minimum atomic E-state index is -1.29. The number of rotatable bonds is 45. The summed E-state index contributed by atoms with van der Waals surface area (Å²) >= 11 is 0. The van der Waals surface area contributed by atoms with Gasteiger partial charge in [-0.25, -0.2) is 0 Å². The standard InChI is InChI=1S/C52H97NO5/c1-3-5-7-9-11-13-15-17-19-21-22-23-24-25-26-27-28-30-32-34-36-38-40-42-44-46-50(56)52(58)53-48(47-54)51(57)49(55)45-43-41-39-37-35-33-31-29-20-18-16-14-12-10-8-6-4-2/h14,16,25-26,29,31,37,39,48-51,54-57H,3-13,15,17-24,27-28,30,32-36,38,40-47H2,1-2H3,(H,53,58)/b16-14+,26-25-,31-29+,39-37+. The van der Waals surface area contributed by atoms with E-state index in [4.69, 9.17) is 0 Å². The Morgan fingerprint density at radius 1 is 0.414 bits per heavy atom. The van der Waals surface area contributed by atoms with Crippen LogP contribution in [0.1, 0.15) is 245 Å². The highest BCUT2D eigenvalue weighted by atomic mass is 16.3. The third-order valence-electron chi connectivity index (χ3n) is 11.5. The molecule has 340 valence electrons. The van der Waals surface area contributed by atoms with Gasteiger partial charge in [0.05, 0.1) is 18.8 Å². The van der Waals surface area contributed by atoms with Crippen molar-refractivity contribution in [3.63, 3.8) is 0 Å². The lowest BCUT2D eigenvalue weighted by Crippen LogP contribution is -2.53. The van der Waals surface area contributed by atoms with Crippen LogP contribution in [0.5, 0.6) is 0 Å². The lowest BCUT2D eigenvalue weighted by molar-refractivity contribution is -0.132. The summed E-state index contributed by atoms with van der Waals surface area (Å²) in [4.78, 5) is 12.5. The zero-order valence-electron chi connectivity index (χ0n) is 38.3. The van der Waals surface area contributed by atoms with Crippen molar-refractivity contribution in [3.05, 3.63) is 48.6 Å². The highest BCUT2D eigenvalue weighted by Crippen LogP contribution is 2.16. The zero-order chi connectivity index (χ0) is 42.4. The average Bonchev–Trinajstić information content (AvgIpc) is 3.23. The van der Waals surface area contributed by atoms with E-state index in [1.165, 1.54) is 161 Å². The summed E-state index contributed by atoms with van der Waals surface area (Å²) in [5, 5.41) is 43.8. The Hall–Kier alpha value is -1.73. The predicted molar refractivity (Wildman–Crippen MR) is 251 cm³/mol. The fourth-order valence-corrected chi connectivity index (χ4v) is 7.49. The van der Waals surface area contributed by atoms with Crippen LogP contribution in [0.3, 0.4) is 0 Å². The second kappa shape index (κ2) is 46.3. The Morgan fingerprint density at radius 2 is 0.724 bits per heavy atom. The van der Waals surface area contributed by atoms with Gasteiger partial charge in [-0.15, -0.1) is 0 Å². The van der Waals surface area contributed by atoms with E-state index in [0.717, 1.165) is 51.4 Å². The van der Waals surface area contributed by atoms with Crippen LogP contribution in [0.4, 0.5) is 0 Å². The van der Waals surface area contributed by atoms with Gasteiger partial charge in [0.1, 0.15) is 12.2 Å². The first-order valence-electron chi connectivity index (χ1n) is 25.0. The second-order valence-corrected chi connectivity index (χ2v) is 17.1. The van der Waals surface area contributed by atoms with Crippen LogP contribution in [0.15, 0.2) is 48.6 Å². The van der Waals surface area contributed by atoms with Crippen LogP contribution in [-0.4, -0.2) is 57.3 Å². The molecule has 0 saturated carbocycles. The van der Waals surface area contributed by atoms with E-state index >= 15 is 0 Å². The molecule has 0 aromatic heterocycles. The molecule has 5 N–H and O–H groups in total. The lowest BCUT2D eigenvalue weighted by atomic mass is 10.00. The highest BCUT2D eigenvalue weighted by molar-refractivity contribution is 5.80. The Labute approximate surface area is 359 Å². The number of allylic oxidation sites excluding steroid dienone is 8.